The van der Waals surface area contributed by atoms with Crippen molar-refractivity contribution in [3.63, 3.8) is 0 Å². The van der Waals surface area contributed by atoms with Crippen molar-refractivity contribution in [1.82, 2.24) is 4.90 Å². The van der Waals surface area contributed by atoms with Gasteiger partial charge in [0.1, 0.15) is 5.75 Å². The van der Waals surface area contributed by atoms with Gasteiger partial charge in [0.15, 0.2) is 0 Å². The highest BCUT2D eigenvalue weighted by Crippen LogP contribution is 2.30. The summed E-state index contributed by atoms with van der Waals surface area (Å²) in [6, 6.07) is 1.58. The molecule has 0 atom stereocenters. The first-order valence-electron chi connectivity index (χ1n) is 6.55. The number of rotatable bonds is 6. The minimum absolute atomic E-state index is 0.174. The van der Waals surface area contributed by atoms with Crippen LogP contribution in [-0.2, 0) is 10.0 Å². The summed E-state index contributed by atoms with van der Waals surface area (Å²) < 4.78 is 28.9. The molecule has 6 heteroatoms. The molecular formula is C14H24N2O3S. The maximum absolute atomic E-state index is 11.5. The first-order valence-corrected chi connectivity index (χ1v) is 8.10. The minimum atomic E-state index is -3.69. The largest absolute Gasteiger partial charge is 0.493 e. The monoisotopic (exact) mass is 300 g/mol. The number of nitrogens with two attached hydrogens (primary N) is 1. The van der Waals surface area contributed by atoms with Crippen LogP contribution in [0.1, 0.15) is 23.1 Å². The molecule has 0 amide bonds. The van der Waals surface area contributed by atoms with E-state index in [1.807, 2.05) is 27.9 Å². The maximum Gasteiger partial charge on any atom is 0.238 e. The van der Waals surface area contributed by atoms with Gasteiger partial charge in [0.05, 0.1) is 11.5 Å². The quantitative estimate of drug-likeness (QED) is 0.810. The molecule has 0 aromatic heterocycles. The fourth-order valence-electron chi connectivity index (χ4n) is 2.09. The Morgan fingerprint density at radius 2 is 1.80 bits per heavy atom. The molecule has 0 heterocycles. The van der Waals surface area contributed by atoms with Gasteiger partial charge in [-0.2, -0.15) is 0 Å². The Bertz CT molecular complexity index is 581. The summed E-state index contributed by atoms with van der Waals surface area (Å²) >= 11 is 0. The summed E-state index contributed by atoms with van der Waals surface area (Å²) in [7, 11) is 0.337. The van der Waals surface area contributed by atoms with Crippen molar-refractivity contribution in [3.8, 4) is 5.75 Å². The van der Waals surface area contributed by atoms with E-state index in [1.165, 1.54) is 0 Å². The van der Waals surface area contributed by atoms with E-state index in [0.29, 0.717) is 12.2 Å². The van der Waals surface area contributed by atoms with E-state index in [4.69, 9.17) is 9.88 Å². The van der Waals surface area contributed by atoms with Crippen molar-refractivity contribution < 1.29 is 13.2 Å². The van der Waals surface area contributed by atoms with Gasteiger partial charge in [0.25, 0.3) is 0 Å². The van der Waals surface area contributed by atoms with Crippen molar-refractivity contribution in [2.24, 2.45) is 5.14 Å². The molecule has 0 aliphatic carbocycles. The summed E-state index contributed by atoms with van der Waals surface area (Å²) in [4.78, 5) is 2.27. The summed E-state index contributed by atoms with van der Waals surface area (Å²) in [5, 5.41) is 5.23. The van der Waals surface area contributed by atoms with Gasteiger partial charge in [0.2, 0.25) is 10.0 Å². The van der Waals surface area contributed by atoms with Crippen LogP contribution < -0.4 is 9.88 Å². The molecule has 1 rings (SSSR count). The van der Waals surface area contributed by atoms with Crippen molar-refractivity contribution in [2.45, 2.75) is 32.1 Å². The lowest BCUT2D eigenvalue weighted by molar-refractivity contribution is 0.278. The Balaban J connectivity index is 2.97. The molecule has 0 saturated heterocycles. The van der Waals surface area contributed by atoms with Crippen LogP contribution in [0.25, 0.3) is 0 Å². The first-order chi connectivity index (χ1) is 9.14. The van der Waals surface area contributed by atoms with Gasteiger partial charge in [-0.3, -0.25) is 0 Å². The number of benzene rings is 1. The van der Waals surface area contributed by atoms with Crippen LogP contribution in [0.15, 0.2) is 11.0 Å². The third kappa shape index (κ3) is 4.19. The van der Waals surface area contributed by atoms with Crippen LogP contribution in [-0.4, -0.2) is 40.6 Å². The Morgan fingerprint density at radius 3 is 2.30 bits per heavy atom. The van der Waals surface area contributed by atoms with E-state index in [9.17, 15) is 8.42 Å². The van der Waals surface area contributed by atoms with Gasteiger partial charge < -0.3 is 9.64 Å². The highest BCUT2D eigenvalue weighted by molar-refractivity contribution is 7.89. The number of hydrogen-bond acceptors (Lipinski definition) is 4. The van der Waals surface area contributed by atoms with Gasteiger partial charge in [-0.25, -0.2) is 13.6 Å². The van der Waals surface area contributed by atoms with Crippen LogP contribution in [0.4, 0.5) is 0 Å². The predicted octanol–water partition coefficient (Wildman–Crippen LogP) is 1.59. The number of aryl methyl sites for hydroxylation is 1. The number of hydrogen-bond donors (Lipinski definition) is 1. The Kier molecular flexibility index (Phi) is 5.56. The zero-order valence-electron chi connectivity index (χ0n) is 12.9. The third-order valence-corrected chi connectivity index (χ3v) is 4.32. The lowest BCUT2D eigenvalue weighted by Gasteiger charge is -2.17. The lowest BCUT2D eigenvalue weighted by Crippen LogP contribution is -2.17. The predicted molar refractivity (Wildman–Crippen MR) is 80.7 cm³/mol. The van der Waals surface area contributed by atoms with E-state index in [2.05, 4.69) is 4.90 Å². The zero-order valence-corrected chi connectivity index (χ0v) is 13.7. The van der Waals surface area contributed by atoms with E-state index in [1.54, 1.807) is 13.0 Å². The Morgan fingerprint density at radius 1 is 1.20 bits per heavy atom. The van der Waals surface area contributed by atoms with Gasteiger partial charge >= 0.3 is 0 Å². The Labute approximate surface area is 121 Å². The molecule has 0 unspecified atom stereocenters. The van der Waals surface area contributed by atoms with Crippen LogP contribution in [0.3, 0.4) is 0 Å². The van der Waals surface area contributed by atoms with E-state index < -0.39 is 10.0 Å². The molecule has 20 heavy (non-hydrogen) atoms. The normalized spacial score (nSPS) is 11.9. The average molecular weight is 300 g/mol. The van der Waals surface area contributed by atoms with E-state index in [-0.39, 0.29) is 4.90 Å². The molecule has 0 aliphatic rings. The lowest BCUT2D eigenvalue weighted by atomic mass is 10.1. The summed E-state index contributed by atoms with van der Waals surface area (Å²) in [5.41, 5.74) is 2.28. The fraction of sp³-hybridized carbons (Fsp3) is 0.571. The van der Waals surface area contributed by atoms with E-state index in [0.717, 1.165) is 29.8 Å². The molecule has 2 N–H and O–H groups in total. The maximum atomic E-state index is 11.5. The van der Waals surface area contributed by atoms with Gasteiger partial charge in [-0.05, 0) is 64.0 Å². The molecule has 0 radical (unpaired) electrons. The third-order valence-electron chi connectivity index (χ3n) is 3.28. The second-order valence-electron chi connectivity index (χ2n) is 5.32. The zero-order chi connectivity index (χ0) is 15.5. The smallest absolute Gasteiger partial charge is 0.238 e. The standard InChI is InChI=1S/C14H24N2O3S/c1-10-9-13(20(15,17)18)11(2)12(3)14(10)19-8-6-7-16(4)5/h9H,6-8H2,1-5H3,(H2,15,17,18). The first kappa shape index (κ1) is 16.9. The van der Waals surface area contributed by atoms with Crippen LogP contribution in [0, 0.1) is 20.8 Å². The van der Waals surface area contributed by atoms with Crippen LogP contribution >= 0.6 is 0 Å². The fourth-order valence-corrected chi connectivity index (χ4v) is 3.01. The highest BCUT2D eigenvalue weighted by atomic mass is 32.2. The molecule has 1 aromatic rings. The molecule has 0 bridgehead atoms. The van der Waals surface area contributed by atoms with Crippen molar-refractivity contribution >= 4 is 10.0 Å². The molecule has 0 spiro atoms. The van der Waals surface area contributed by atoms with Crippen molar-refractivity contribution in [3.05, 3.63) is 22.8 Å². The van der Waals surface area contributed by atoms with E-state index >= 15 is 0 Å². The molecule has 0 aliphatic heterocycles. The van der Waals surface area contributed by atoms with Crippen molar-refractivity contribution in [1.29, 1.82) is 0 Å². The van der Waals surface area contributed by atoms with Gasteiger partial charge in [-0.15, -0.1) is 0 Å². The average Bonchev–Trinajstić information content (AvgIpc) is 2.31. The van der Waals surface area contributed by atoms with Crippen molar-refractivity contribution in [2.75, 3.05) is 27.2 Å². The number of sulfonamides is 1. The van der Waals surface area contributed by atoms with Crippen LogP contribution in [0.2, 0.25) is 0 Å². The number of ether oxygens (including phenoxy) is 1. The number of primary sulfonamides is 1. The molecule has 1 aromatic carbocycles. The minimum Gasteiger partial charge on any atom is -0.493 e. The van der Waals surface area contributed by atoms with Gasteiger partial charge in [0, 0.05) is 6.54 Å². The second kappa shape index (κ2) is 6.56. The molecule has 0 fully saturated rings. The molecular weight excluding hydrogens is 276 g/mol. The Hall–Kier alpha value is -1.11. The summed E-state index contributed by atoms with van der Waals surface area (Å²) in [5.74, 6) is 0.758. The van der Waals surface area contributed by atoms with Gasteiger partial charge in [-0.1, -0.05) is 0 Å². The summed E-state index contributed by atoms with van der Waals surface area (Å²) in [6.45, 7) is 7.00. The molecule has 5 nitrogen and oxygen atoms in total. The molecule has 114 valence electrons. The SMILES string of the molecule is Cc1cc(S(N)(=O)=O)c(C)c(C)c1OCCCN(C)C. The van der Waals surface area contributed by atoms with Crippen LogP contribution in [0.5, 0.6) is 5.75 Å². The highest BCUT2D eigenvalue weighted by Gasteiger charge is 2.18. The topological polar surface area (TPSA) is 72.6 Å². The second-order valence-corrected chi connectivity index (χ2v) is 6.85. The summed E-state index contributed by atoms with van der Waals surface area (Å²) in [6.07, 6.45) is 0.919. The number of nitrogens with zero attached hydrogens (tertiary/aromatic N) is 1. The molecule has 0 saturated carbocycles.